The lowest BCUT2D eigenvalue weighted by Crippen LogP contribution is -2.24. The third-order valence-electron chi connectivity index (χ3n) is 2.79. The Hall–Kier alpha value is -1.87. The topological polar surface area (TPSA) is 105 Å². The highest BCUT2D eigenvalue weighted by Gasteiger charge is 2.17. The van der Waals surface area contributed by atoms with E-state index in [2.05, 4.69) is 39.2 Å². The maximum Gasteiger partial charge on any atom is 0.265 e. The van der Waals surface area contributed by atoms with Crippen molar-refractivity contribution in [1.29, 1.82) is 0 Å². The average Bonchev–Trinajstić information content (AvgIpc) is 3.05. The molecule has 21 heavy (non-hydrogen) atoms. The number of anilines is 1. The number of nitrogens with zero attached hydrogens (tertiary/aromatic N) is 3. The van der Waals surface area contributed by atoms with Crippen LogP contribution in [0.5, 0.6) is 0 Å². The highest BCUT2D eigenvalue weighted by molar-refractivity contribution is 7.92. The Labute approximate surface area is 124 Å². The molecule has 0 amide bonds. The van der Waals surface area contributed by atoms with E-state index in [-0.39, 0.29) is 4.90 Å². The van der Waals surface area contributed by atoms with Gasteiger partial charge in [-0.2, -0.15) is 10.2 Å². The van der Waals surface area contributed by atoms with Crippen molar-refractivity contribution in [3.8, 4) is 0 Å². The fourth-order valence-electron chi connectivity index (χ4n) is 1.76. The van der Waals surface area contributed by atoms with Gasteiger partial charge in [0.15, 0.2) is 0 Å². The maximum atomic E-state index is 12.1. The highest BCUT2D eigenvalue weighted by atomic mass is 32.2. The summed E-state index contributed by atoms with van der Waals surface area (Å²) in [6.07, 6.45) is 6.63. The zero-order valence-electron chi connectivity index (χ0n) is 12.1. The van der Waals surface area contributed by atoms with Crippen molar-refractivity contribution in [3.63, 3.8) is 0 Å². The molecule has 0 saturated carbocycles. The molecule has 9 heteroatoms. The molecule has 2 aromatic heterocycles. The van der Waals surface area contributed by atoms with Crippen LogP contribution >= 0.6 is 0 Å². The molecule has 0 atom stereocenters. The van der Waals surface area contributed by atoms with E-state index in [0.29, 0.717) is 18.3 Å². The summed E-state index contributed by atoms with van der Waals surface area (Å²) in [4.78, 5) is 0.139. The van der Waals surface area contributed by atoms with Crippen molar-refractivity contribution in [2.75, 3.05) is 11.3 Å². The number of hydrogen-bond donors (Lipinski definition) is 3. The zero-order valence-corrected chi connectivity index (χ0v) is 12.9. The fraction of sp³-hybridized carbons (Fsp3) is 0.500. The zero-order chi connectivity index (χ0) is 15.3. The first-order chi connectivity index (χ1) is 9.97. The molecule has 3 N–H and O–H groups in total. The van der Waals surface area contributed by atoms with Gasteiger partial charge in [0.25, 0.3) is 10.0 Å². The number of nitrogens with one attached hydrogen (secondary N) is 3. The van der Waals surface area contributed by atoms with Gasteiger partial charge in [-0.05, 0) is 13.0 Å². The first-order valence-corrected chi connectivity index (χ1v) is 8.23. The molecule has 2 aromatic rings. The van der Waals surface area contributed by atoms with Crippen molar-refractivity contribution >= 4 is 15.7 Å². The van der Waals surface area contributed by atoms with Crippen LogP contribution in [0.4, 0.5) is 5.69 Å². The summed E-state index contributed by atoms with van der Waals surface area (Å²) in [6, 6.07) is 0.442. The number of rotatable bonds is 8. The molecule has 0 aliphatic heterocycles. The highest BCUT2D eigenvalue weighted by Crippen LogP contribution is 2.13. The maximum absolute atomic E-state index is 12.1. The van der Waals surface area contributed by atoms with Crippen LogP contribution in [0.1, 0.15) is 20.3 Å². The Morgan fingerprint density at radius 1 is 1.38 bits per heavy atom. The second-order valence-corrected chi connectivity index (χ2v) is 6.68. The van der Waals surface area contributed by atoms with Gasteiger partial charge in [-0.15, -0.1) is 0 Å². The van der Waals surface area contributed by atoms with Crippen molar-refractivity contribution in [2.24, 2.45) is 0 Å². The van der Waals surface area contributed by atoms with Crippen LogP contribution < -0.4 is 10.0 Å². The van der Waals surface area contributed by atoms with Crippen LogP contribution in [0.15, 0.2) is 29.7 Å². The van der Waals surface area contributed by atoms with Crippen LogP contribution in [0.3, 0.4) is 0 Å². The van der Waals surface area contributed by atoms with Crippen LogP contribution in [0.25, 0.3) is 0 Å². The number of hydrogen-bond acceptors (Lipinski definition) is 5. The van der Waals surface area contributed by atoms with E-state index >= 15 is 0 Å². The predicted molar refractivity (Wildman–Crippen MR) is 79.4 cm³/mol. The molecule has 116 valence electrons. The monoisotopic (exact) mass is 312 g/mol. The summed E-state index contributed by atoms with van der Waals surface area (Å²) in [5.41, 5.74) is 0.392. The number of aromatic nitrogens is 4. The number of aryl methyl sites for hydroxylation is 1. The van der Waals surface area contributed by atoms with E-state index < -0.39 is 10.0 Å². The van der Waals surface area contributed by atoms with E-state index in [9.17, 15) is 8.42 Å². The first kappa shape index (κ1) is 15.5. The lowest BCUT2D eigenvalue weighted by molar-refractivity contribution is 0.513. The molecule has 2 rings (SSSR count). The number of H-pyrrole nitrogens is 1. The van der Waals surface area contributed by atoms with Crippen LogP contribution in [-0.2, 0) is 16.6 Å². The standard InChI is InChI=1S/C12H20N6O2S/c1-10(2)13-4-3-5-18-9-12(8-16-18)21(19,20)17-11-6-14-15-7-11/h6-10,13,17H,3-5H2,1-2H3,(H,14,15). The van der Waals surface area contributed by atoms with Gasteiger partial charge in [0.1, 0.15) is 4.90 Å². The summed E-state index contributed by atoms with van der Waals surface area (Å²) in [7, 11) is -3.62. The molecule has 0 saturated heterocycles. The number of sulfonamides is 1. The molecule has 0 fully saturated rings. The molecule has 0 bridgehead atoms. The molecule has 0 aliphatic carbocycles. The third-order valence-corrected chi connectivity index (χ3v) is 4.12. The van der Waals surface area contributed by atoms with E-state index in [1.165, 1.54) is 24.8 Å². The van der Waals surface area contributed by atoms with E-state index in [1.54, 1.807) is 4.68 Å². The van der Waals surface area contributed by atoms with Crippen molar-refractivity contribution in [3.05, 3.63) is 24.8 Å². The van der Waals surface area contributed by atoms with Crippen LogP contribution in [0.2, 0.25) is 0 Å². The molecule has 0 unspecified atom stereocenters. The van der Waals surface area contributed by atoms with Gasteiger partial charge >= 0.3 is 0 Å². The number of aromatic amines is 1. The molecule has 0 aliphatic rings. The van der Waals surface area contributed by atoms with Crippen LogP contribution in [-0.4, -0.2) is 41.0 Å². The smallest absolute Gasteiger partial charge is 0.265 e. The minimum atomic E-state index is -3.62. The molecule has 8 nitrogen and oxygen atoms in total. The summed E-state index contributed by atoms with van der Waals surface area (Å²) >= 11 is 0. The van der Waals surface area contributed by atoms with Gasteiger partial charge < -0.3 is 5.32 Å². The molecule has 0 spiro atoms. The summed E-state index contributed by atoms with van der Waals surface area (Å²) in [5, 5.41) is 13.6. The van der Waals surface area contributed by atoms with Gasteiger partial charge in [-0.3, -0.25) is 14.5 Å². The van der Waals surface area contributed by atoms with Crippen molar-refractivity contribution in [2.45, 2.75) is 37.8 Å². The minimum absolute atomic E-state index is 0.139. The average molecular weight is 312 g/mol. The molecule has 2 heterocycles. The third kappa shape index (κ3) is 4.57. The summed E-state index contributed by atoms with van der Waals surface area (Å²) in [6.45, 7) is 5.70. The van der Waals surface area contributed by atoms with Gasteiger partial charge in [0.05, 0.1) is 18.1 Å². The van der Waals surface area contributed by atoms with Crippen LogP contribution in [0, 0.1) is 0 Å². The van der Waals surface area contributed by atoms with E-state index in [0.717, 1.165) is 13.0 Å². The quantitative estimate of drug-likeness (QED) is 0.625. The molecule has 0 radical (unpaired) electrons. The second kappa shape index (κ2) is 6.72. The first-order valence-electron chi connectivity index (χ1n) is 6.75. The Bertz CT molecular complexity index is 647. The SMILES string of the molecule is CC(C)NCCCn1cc(S(=O)(=O)Nc2cn[nH]c2)cn1. The Morgan fingerprint density at radius 2 is 2.19 bits per heavy atom. The molecule has 0 aromatic carbocycles. The lowest BCUT2D eigenvalue weighted by atomic mass is 10.3. The Balaban J connectivity index is 1.92. The van der Waals surface area contributed by atoms with Gasteiger partial charge in [0.2, 0.25) is 0 Å². The van der Waals surface area contributed by atoms with Gasteiger partial charge in [0, 0.05) is 25.0 Å². The van der Waals surface area contributed by atoms with Gasteiger partial charge in [-0.25, -0.2) is 8.42 Å². The largest absolute Gasteiger partial charge is 0.314 e. The summed E-state index contributed by atoms with van der Waals surface area (Å²) < 4.78 is 28.3. The van der Waals surface area contributed by atoms with E-state index in [1.807, 2.05) is 0 Å². The Kier molecular flexibility index (Phi) is 4.97. The van der Waals surface area contributed by atoms with E-state index in [4.69, 9.17) is 0 Å². The van der Waals surface area contributed by atoms with Crippen molar-refractivity contribution < 1.29 is 8.42 Å². The van der Waals surface area contributed by atoms with Gasteiger partial charge in [-0.1, -0.05) is 13.8 Å². The second-order valence-electron chi connectivity index (χ2n) is 4.99. The predicted octanol–water partition coefficient (Wildman–Crippen LogP) is 0.795. The summed E-state index contributed by atoms with van der Waals surface area (Å²) in [5.74, 6) is 0. The minimum Gasteiger partial charge on any atom is -0.314 e. The molecular weight excluding hydrogens is 292 g/mol. The molecular formula is C12H20N6O2S. The normalized spacial score (nSPS) is 12.0. The lowest BCUT2D eigenvalue weighted by Gasteiger charge is -2.07. The van der Waals surface area contributed by atoms with Crippen molar-refractivity contribution in [1.82, 2.24) is 25.3 Å². The Morgan fingerprint density at radius 3 is 2.86 bits per heavy atom. The fourth-order valence-corrected chi connectivity index (χ4v) is 2.74.